The first-order chi connectivity index (χ1) is 17.7. The fraction of sp³-hybridized carbons (Fsp3) is 0.250. The summed E-state index contributed by atoms with van der Waals surface area (Å²) < 4.78 is 27.4. The molecule has 7 nitrogen and oxygen atoms in total. The summed E-state index contributed by atoms with van der Waals surface area (Å²) in [6.45, 7) is 2.82. The van der Waals surface area contributed by atoms with E-state index in [-0.39, 0.29) is 11.7 Å². The third-order valence-electron chi connectivity index (χ3n) is 6.01. The van der Waals surface area contributed by atoms with E-state index in [2.05, 4.69) is 10.6 Å². The first kappa shape index (κ1) is 26.7. The van der Waals surface area contributed by atoms with Crippen molar-refractivity contribution in [2.24, 2.45) is 0 Å². The first-order valence-electron chi connectivity index (χ1n) is 12.1. The lowest BCUT2D eigenvalue weighted by atomic mass is 10.00. The number of fused-ring (bicyclic) bond motifs is 1. The lowest BCUT2D eigenvalue weighted by Crippen LogP contribution is -2.38. The molecule has 0 aliphatic carbocycles. The highest BCUT2D eigenvalue weighted by Crippen LogP contribution is 2.39. The summed E-state index contributed by atoms with van der Waals surface area (Å²) in [6.07, 6.45) is 0.545. The van der Waals surface area contributed by atoms with E-state index in [1.165, 1.54) is 4.31 Å². The Labute approximate surface area is 223 Å². The molecule has 1 heterocycles. The van der Waals surface area contributed by atoms with Gasteiger partial charge in [-0.05, 0) is 62.5 Å². The number of likely N-dealkylation sites (N-methyl/N-ethyl adjacent to an activating group) is 1. The number of halogens is 1. The molecule has 0 bridgehead atoms. The van der Waals surface area contributed by atoms with E-state index in [1.807, 2.05) is 74.4 Å². The van der Waals surface area contributed by atoms with Crippen LogP contribution < -0.4 is 14.9 Å². The summed E-state index contributed by atoms with van der Waals surface area (Å²) in [5.74, 6) is -0.135. The van der Waals surface area contributed by atoms with Crippen molar-refractivity contribution in [1.29, 1.82) is 0 Å². The predicted octanol–water partition coefficient (Wildman–Crippen LogP) is 5.38. The number of carbonyl (C=O) groups is 1. The van der Waals surface area contributed by atoms with E-state index in [9.17, 15) is 13.2 Å². The third-order valence-corrected chi connectivity index (χ3v) is 8.24. The number of rotatable bonds is 10. The summed E-state index contributed by atoms with van der Waals surface area (Å²) in [5, 5.41) is 6.86. The van der Waals surface area contributed by atoms with Gasteiger partial charge in [0.15, 0.2) is 0 Å². The van der Waals surface area contributed by atoms with Crippen molar-refractivity contribution in [3.05, 3.63) is 88.9 Å². The Hall–Kier alpha value is -3.33. The molecule has 0 aromatic heterocycles. The van der Waals surface area contributed by atoms with E-state index >= 15 is 0 Å². The quantitative estimate of drug-likeness (QED) is 0.339. The van der Waals surface area contributed by atoms with Gasteiger partial charge in [0.1, 0.15) is 0 Å². The van der Waals surface area contributed by atoms with E-state index in [1.54, 1.807) is 24.3 Å². The van der Waals surface area contributed by atoms with Crippen LogP contribution in [0.1, 0.15) is 24.5 Å². The monoisotopic (exact) mass is 538 g/mol. The predicted molar refractivity (Wildman–Crippen MR) is 153 cm³/mol. The molecule has 0 radical (unpaired) electrons. The largest absolute Gasteiger partial charge is 0.354 e. The second-order valence-corrected chi connectivity index (χ2v) is 11.6. The summed E-state index contributed by atoms with van der Waals surface area (Å²) >= 11 is 6.14. The number of hydrogen-bond donors (Lipinski definition) is 2. The zero-order valence-electron chi connectivity index (χ0n) is 21.2. The highest BCUT2D eigenvalue weighted by atomic mass is 35.5. The van der Waals surface area contributed by atoms with Crippen molar-refractivity contribution < 1.29 is 13.2 Å². The number of amides is 1. The van der Waals surface area contributed by atoms with E-state index in [0.29, 0.717) is 47.2 Å². The van der Waals surface area contributed by atoms with Crippen LogP contribution in [-0.4, -0.2) is 52.2 Å². The van der Waals surface area contributed by atoms with Gasteiger partial charge in [0.05, 0.1) is 28.4 Å². The van der Waals surface area contributed by atoms with Gasteiger partial charge in [0.2, 0.25) is 10.0 Å². The molecule has 0 fully saturated rings. The smallest absolute Gasteiger partial charge is 0.258 e. The van der Waals surface area contributed by atoms with Gasteiger partial charge in [-0.15, -0.1) is 0 Å². The molecule has 0 unspecified atom stereocenters. The average molecular weight is 539 g/mol. The van der Waals surface area contributed by atoms with Gasteiger partial charge in [0.25, 0.3) is 5.91 Å². The van der Waals surface area contributed by atoms with Crippen molar-refractivity contribution in [3.63, 3.8) is 0 Å². The molecule has 37 heavy (non-hydrogen) atoms. The summed E-state index contributed by atoms with van der Waals surface area (Å²) in [5.41, 5.74) is 4.76. The van der Waals surface area contributed by atoms with Crippen molar-refractivity contribution in [1.82, 2.24) is 4.90 Å². The minimum absolute atomic E-state index is 0.0865. The van der Waals surface area contributed by atoms with Gasteiger partial charge in [-0.3, -0.25) is 9.10 Å². The minimum atomic E-state index is -3.44. The summed E-state index contributed by atoms with van der Waals surface area (Å²) in [4.78, 5) is 15.0. The maximum Gasteiger partial charge on any atom is 0.258 e. The summed E-state index contributed by atoms with van der Waals surface area (Å²) in [6, 6.07) is 22.2. The number of sulfonamides is 1. The van der Waals surface area contributed by atoms with Crippen LogP contribution in [0, 0.1) is 0 Å². The first-order valence-corrected chi connectivity index (χ1v) is 14.1. The standard InChI is InChI=1S/C28H31ClN4O3S/c1-4-18-37(35,36)33(17-16-32(2)3)23-13-11-22(12-14-23)30-27(20-8-6-5-7-9-20)26-24-15-10-21(29)19-25(24)31-28(26)34/h5-15,19,30H,4,16-18H2,1-3H3,(H,31,34). The lowest BCUT2D eigenvalue weighted by Gasteiger charge is -2.26. The van der Waals surface area contributed by atoms with Gasteiger partial charge in [-0.2, -0.15) is 0 Å². The van der Waals surface area contributed by atoms with Crippen LogP contribution in [0.15, 0.2) is 72.8 Å². The second-order valence-electron chi connectivity index (χ2n) is 9.12. The molecule has 0 saturated heterocycles. The van der Waals surface area contributed by atoms with E-state index < -0.39 is 10.0 Å². The number of nitrogens with one attached hydrogen (secondary N) is 2. The zero-order valence-corrected chi connectivity index (χ0v) is 22.7. The van der Waals surface area contributed by atoms with Gasteiger partial charge in [-0.1, -0.05) is 54.9 Å². The van der Waals surface area contributed by atoms with E-state index in [0.717, 1.165) is 16.8 Å². The molecule has 9 heteroatoms. The lowest BCUT2D eigenvalue weighted by molar-refractivity contribution is -0.110. The van der Waals surface area contributed by atoms with Crippen LogP contribution >= 0.6 is 11.6 Å². The number of hydrogen-bond acceptors (Lipinski definition) is 5. The van der Waals surface area contributed by atoms with Crippen LogP contribution in [-0.2, 0) is 14.8 Å². The van der Waals surface area contributed by atoms with Crippen molar-refractivity contribution in [2.45, 2.75) is 13.3 Å². The average Bonchev–Trinajstić information content (AvgIpc) is 3.18. The van der Waals surface area contributed by atoms with E-state index in [4.69, 9.17) is 11.6 Å². The Kier molecular flexibility index (Phi) is 8.22. The second kappa shape index (κ2) is 11.4. The molecular weight excluding hydrogens is 508 g/mol. The maximum absolute atomic E-state index is 13.1. The van der Waals surface area contributed by atoms with Crippen molar-refractivity contribution in [3.8, 4) is 0 Å². The number of benzene rings is 3. The molecular formula is C28H31ClN4O3S. The van der Waals surface area contributed by atoms with Crippen LogP contribution in [0.4, 0.5) is 17.1 Å². The maximum atomic E-state index is 13.1. The van der Waals surface area contributed by atoms with Crippen LogP contribution in [0.3, 0.4) is 0 Å². The normalized spacial score (nSPS) is 14.4. The SMILES string of the molecule is CCCS(=O)(=O)N(CCN(C)C)c1ccc(NC(=C2C(=O)Nc3cc(Cl)ccc32)c2ccccc2)cc1. The Balaban J connectivity index is 1.72. The summed E-state index contributed by atoms with van der Waals surface area (Å²) in [7, 11) is 0.392. The molecule has 1 aliphatic rings. The number of nitrogens with zero attached hydrogens (tertiary/aromatic N) is 2. The molecule has 0 saturated carbocycles. The molecule has 0 spiro atoms. The van der Waals surface area contributed by atoms with Crippen LogP contribution in [0.25, 0.3) is 11.3 Å². The third kappa shape index (κ3) is 6.15. The molecule has 1 aliphatic heterocycles. The van der Waals surface area contributed by atoms with Gasteiger partial charge < -0.3 is 15.5 Å². The zero-order chi connectivity index (χ0) is 26.6. The Morgan fingerprint density at radius 3 is 2.32 bits per heavy atom. The highest BCUT2D eigenvalue weighted by molar-refractivity contribution is 7.92. The van der Waals surface area contributed by atoms with Gasteiger partial charge >= 0.3 is 0 Å². The Morgan fingerprint density at radius 2 is 1.68 bits per heavy atom. The number of anilines is 3. The molecule has 1 amide bonds. The molecule has 4 rings (SSSR count). The fourth-order valence-corrected chi connectivity index (χ4v) is 5.93. The molecule has 3 aromatic carbocycles. The molecule has 194 valence electrons. The van der Waals surface area contributed by atoms with Gasteiger partial charge in [-0.25, -0.2) is 8.42 Å². The van der Waals surface area contributed by atoms with Crippen molar-refractivity contribution >= 4 is 55.9 Å². The minimum Gasteiger partial charge on any atom is -0.354 e. The molecule has 3 aromatic rings. The Morgan fingerprint density at radius 1 is 0.973 bits per heavy atom. The van der Waals surface area contributed by atoms with Crippen LogP contribution in [0.2, 0.25) is 5.02 Å². The number of carbonyl (C=O) groups excluding carboxylic acids is 1. The Bertz CT molecular complexity index is 1410. The van der Waals surface area contributed by atoms with Crippen molar-refractivity contribution in [2.75, 3.05) is 47.9 Å². The molecule has 2 N–H and O–H groups in total. The van der Waals surface area contributed by atoms with Crippen LogP contribution in [0.5, 0.6) is 0 Å². The topological polar surface area (TPSA) is 81.8 Å². The highest BCUT2D eigenvalue weighted by Gasteiger charge is 2.29. The fourth-order valence-electron chi connectivity index (χ4n) is 4.22. The molecule has 0 atom stereocenters. The van der Waals surface area contributed by atoms with Gasteiger partial charge in [0, 0.05) is 29.4 Å².